The number of aliphatic hydroxyl groups is 1. The first-order valence-electron chi connectivity index (χ1n) is 9.50. The number of H-pyrrole nitrogens is 1. The number of benzene rings is 1. The van der Waals surface area contributed by atoms with Gasteiger partial charge in [-0.25, -0.2) is 9.97 Å². The molecule has 1 unspecified atom stereocenters. The summed E-state index contributed by atoms with van der Waals surface area (Å²) in [5.41, 5.74) is 1.76. The van der Waals surface area contributed by atoms with Gasteiger partial charge in [0.1, 0.15) is 4.70 Å². The van der Waals surface area contributed by atoms with Crippen LogP contribution >= 0.6 is 23.1 Å². The number of hydrogen-bond donors (Lipinski definition) is 3. The Balaban J connectivity index is 1.94. The van der Waals surface area contributed by atoms with Crippen molar-refractivity contribution in [3.05, 3.63) is 45.6 Å². The SMILES string of the molecule is CCC(Sc1nc(N[C@@H](CO)CC(C)C)c2sc(=O)[nH]c2n1)c1ccccc1. The molecule has 0 aliphatic heterocycles. The molecule has 0 aliphatic rings. The summed E-state index contributed by atoms with van der Waals surface area (Å²) in [4.78, 5) is 23.8. The number of rotatable bonds is 9. The summed E-state index contributed by atoms with van der Waals surface area (Å²) >= 11 is 2.68. The second kappa shape index (κ2) is 9.54. The smallest absolute Gasteiger partial charge is 0.306 e. The third kappa shape index (κ3) is 5.12. The third-order valence-electron chi connectivity index (χ3n) is 4.37. The maximum Gasteiger partial charge on any atom is 0.306 e. The van der Waals surface area contributed by atoms with Crippen molar-refractivity contribution in [2.45, 2.75) is 50.1 Å². The van der Waals surface area contributed by atoms with Gasteiger partial charge in [-0.1, -0.05) is 74.2 Å². The number of aliphatic hydroxyl groups excluding tert-OH is 1. The molecule has 2 aromatic heterocycles. The average Bonchev–Trinajstić information content (AvgIpc) is 3.06. The van der Waals surface area contributed by atoms with Crippen LogP contribution in [0.25, 0.3) is 10.3 Å². The van der Waals surface area contributed by atoms with E-state index in [1.54, 1.807) is 11.8 Å². The number of thiazole rings is 1. The van der Waals surface area contributed by atoms with Crippen molar-refractivity contribution in [2.24, 2.45) is 5.92 Å². The number of nitrogens with one attached hydrogen (secondary N) is 2. The Labute approximate surface area is 172 Å². The van der Waals surface area contributed by atoms with Crippen LogP contribution in [0.3, 0.4) is 0 Å². The highest BCUT2D eigenvalue weighted by atomic mass is 32.2. The number of fused-ring (bicyclic) bond motifs is 1. The van der Waals surface area contributed by atoms with Gasteiger partial charge >= 0.3 is 4.87 Å². The fraction of sp³-hybridized carbons (Fsp3) is 0.450. The second-order valence-electron chi connectivity index (χ2n) is 7.13. The summed E-state index contributed by atoms with van der Waals surface area (Å²) in [7, 11) is 0. The number of aromatic nitrogens is 3. The summed E-state index contributed by atoms with van der Waals surface area (Å²) < 4.78 is 0.698. The maximum atomic E-state index is 11.9. The van der Waals surface area contributed by atoms with Gasteiger partial charge < -0.3 is 10.4 Å². The molecule has 1 aromatic carbocycles. The van der Waals surface area contributed by atoms with Crippen LogP contribution in [0.2, 0.25) is 0 Å². The zero-order valence-corrected chi connectivity index (χ0v) is 17.9. The average molecular weight is 419 g/mol. The van der Waals surface area contributed by atoms with Gasteiger partial charge in [0.2, 0.25) is 0 Å². The van der Waals surface area contributed by atoms with Crippen LogP contribution in [0.15, 0.2) is 40.3 Å². The van der Waals surface area contributed by atoms with E-state index in [1.807, 2.05) is 18.2 Å². The molecule has 28 heavy (non-hydrogen) atoms. The van der Waals surface area contributed by atoms with Gasteiger partial charge in [0.15, 0.2) is 16.6 Å². The summed E-state index contributed by atoms with van der Waals surface area (Å²) in [6.07, 6.45) is 1.75. The Bertz CT molecular complexity index is 956. The highest BCUT2D eigenvalue weighted by Gasteiger charge is 2.19. The molecule has 2 atom stereocenters. The lowest BCUT2D eigenvalue weighted by Crippen LogP contribution is -2.26. The first-order valence-corrected chi connectivity index (χ1v) is 11.2. The molecule has 0 saturated carbocycles. The topological polar surface area (TPSA) is 90.9 Å². The number of aromatic amines is 1. The first kappa shape index (κ1) is 20.8. The van der Waals surface area contributed by atoms with E-state index in [0.717, 1.165) is 24.2 Å². The van der Waals surface area contributed by atoms with Crippen LogP contribution in [0, 0.1) is 5.92 Å². The number of thioether (sulfide) groups is 1. The van der Waals surface area contributed by atoms with E-state index in [4.69, 9.17) is 4.98 Å². The molecule has 0 saturated heterocycles. The van der Waals surface area contributed by atoms with Crippen LogP contribution in [0.5, 0.6) is 0 Å². The Morgan fingerprint density at radius 2 is 2.00 bits per heavy atom. The van der Waals surface area contributed by atoms with Crippen LogP contribution in [-0.4, -0.2) is 32.7 Å². The van der Waals surface area contributed by atoms with Crippen LogP contribution < -0.4 is 10.2 Å². The lowest BCUT2D eigenvalue weighted by molar-refractivity contribution is 0.259. The highest BCUT2D eigenvalue weighted by Crippen LogP contribution is 2.37. The van der Waals surface area contributed by atoms with E-state index in [2.05, 4.69) is 48.2 Å². The molecule has 8 heteroatoms. The lowest BCUT2D eigenvalue weighted by Gasteiger charge is -2.20. The Morgan fingerprint density at radius 1 is 1.25 bits per heavy atom. The quantitative estimate of drug-likeness (QED) is 0.351. The third-order valence-corrected chi connectivity index (χ3v) is 6.53. The standard InChI is InChI=1S/C20H26N4O2S2/c1-4-15(13-8-6-5-7-9-13)27-19-22-17(21-14(11-25)10-12(2)3)16-18(23-19)24-20(26)28-16/h5-9,12,14-15,25H,4,10-11H2,1-3H3,(H2,21,22,23,24,26)/t14-,15?/m1/s1. The minimum Gasteiger partial charge on any atom is -0.394 e. The largest absolute Gasteiger partial charge is 0.394 e. The molecule has 150 valence electrons. The molecule has 0 spiro atoms. The highest BCUT2D eigenvalue weighted by molar-refractivity contribution is 7.99. The molecule has 0 amide bonds. The van der Waals surface area contributed by atoms with Crippen molar-refractivity contribution in [3.8, 4) is 0 Å². The zero-order chi connectivity index (χ0) is 20.1. The van der Waals surface area contributed by atoms with Crippen molar-refractivity contribution in [1.82, 2.24) is 15.0 Å². The van der Waals surface area contributed by atoms with Gasteiger partial charge in [-0.3, -0.25) is 9.78 Å². The van der Waals surface area contributed by atoms with Crippen molar-refractivity contribution in [3.63, 3.8) is 0 Å². The van der Waals surface area contributed by atoms with Crippen molar-refractivity contribution >= 4 is 39.3 Å². The lowest BCUT2D eigenvalue weighted by atomic mass is 10.0. The van der Waals surface area contributed by atoms with Crippen LogP contribution in [0.1, 0.15) is 44.4 Å². The zero-order valence-electron chi connectivity index (χ0n) is 16.3. The number of nitrogens with zero attached hydrogens (tertiary/aromatic N) is 2. The van der Waals surface area contributed by atoms with E-state index < -0.39 is 0 Å². The molecule has 3 N–H and O–H groups in total. The molecular formula is C20H26N4O2S2. The molecule has 3 rings (SSSR count). The van der Waals surface area contributed by atoms with Crippen molar-refractivity contribution < 1.29 is 5.11 Å². The Kier molecular flexibility index (Phi) is 7.09. The number of hydrogen-bond acceptors (Lipinski definition) is 7. The van der Waals surface area contributed by atoms with Crippen molar-refractivity contribution in [1.29, 1.82) is 0 Å². The molecule has 2 heterocycles. The summed E-state index contributed by atoms with van der Waals surface area (Å²) in [6.45, 7) is 6.37. The van der Waals surface area contributed by atoms with Gasteiger partial charge in [-0.05, 0) is 24.3 Å². The molecular weight excluding hydrogens is 392 g/mol. The maximum absolute atomic E-state index is 11.9. The minimum absolute atomic E-state index is 0.00702. The van der Waals surface area contributed by atoms with E-state index >= 15 is 0 Å². The molecule has 0 bridgehead atoms. The molecule has 0 aliphatic carbocycles. The van der Waals surface area contributed by atoms with Crippen LogP contribution in [0.4, 0.5) is 5.82 Å². The predicted octanol–water partition coefficient (Wildman–Crippen LogP) is 4.44. The summed E-state index contributed by atoms with van der Waals surface area (Å²) in [6, 6.07) is 10.2. The van der Waals surface area contributed by atoms with Gasteiger partial charge in [0, 0.05) is 5.25 Å². The molecule has 0 fully saturated rings. The fourth-order valence-electron chi connectivity index (χ4n) is 3.10. The Hall–Kier alpha value is -1.90. The fourth-order valence-corrected chi connectivity index (χ4v) is 4.83. The van der Waals surface area contributed by atoms with Gasteiger partial charge in [-0.2, -0.15) is 0 Å². The van der Waals surface area contributed by atoms with E-state index in [-0.39, 0.29) is 22.8 Å². The van der Waals surface area contributed by atoms with Gasteiger partial charge in [0.05, 0.1) is 12.6 Å². The van der Waals surface area contributed by atoms with E-state index in [0.29, 0.717) is 27.2 Å². The van der Waals surface area contributed by atoms with Gasteiger partial charge in [0.25, 0.3) is 0 Å². The predicted molar refractivity (Wildman–Crippen MR) is 117 cm³/mol. The normalized spacial score (nSPS) is 13.8. The number of anilines is 1. The summed E-state index contributed by atoms with van der Waals surface area (Å²) in [5.74, 6) is 1.04. The monoisotopic (exact) mass is 418 g/mol. The first-order chi connectivity index (χ1) is 13.5. The molecule has 0 radical (unpaired) electrons. The van der Waals surface area contributed by atoms with Crippen LogP contribution in [-0.2, 0) is 0 Å². The Morgan fingerprint density at radius 3 is 2.64 bits per heavy atom. The van der Waals surface area contributed by atoms with Crippen molar-refractivity contribution in [2.75, 3.05) is 11.9 Å². The van der Waals surface area contributed by atoms with E-state index in [9.17, 15) is 9.90 Å². The van der Waals surface area contributed by atoms with E-state index in [1.165, 1.54) is 5.56 Å². The van der Waals surface area contributed by atoms with Gasteiger partial charge in [-0.15, -0.1) is 0 Å². The second-order valence-corrected chi connectivity index (χ2v) is 9.28. The minimum atomic E-state index is -0.158. The summed E-state index contributed by atoms with van der Waals surface area (Å²) in [5, 5.41) is 13.9. The molecule has 6 nitrogen and oxygen atoms in total. The molecule has 3 aromatic rings.